The van der Waals surface area contributed by atoms with Crippen LogP contribution >= 0.6 is 0 Å². The van der Waals surface area contributed by atoms with Crippen molar-refractivity contribution < 1.29 is 23.5 Å². The Bertz CT molecular complexity index is 1120. The van der Waals surface area contributed by atoms with E-state index in [-0.39, 0.29) is 48.9 Å². The summed E-state index contributed by atoms with van der Waals surface area (Å²) in [6.45, 7) is 6.80. The van der Waals surface area contributed by atoms with Crippen LogP contribution in [0.15, 0.2) is 54.6 Å². The molecule has 2 fully saturated rings. The maximum atomic E-state index is 15.6. The second-order valence-electron chi connectivity index (χ2n) is 12.3. The SMILES string of the molecule is C[C@@H]1[C@@H]([Si](C)(C)F)[C@H](CC(=O)N(CCO)Cc2ccccc2)O[C@@H]1CCc1ccc(N2CCCCCCC2=O)cc1. The van der Waals surface area contributed by atoms with E-state index in [1.165, 1.54) is 6.42 Å². The Labute approximate surface area is 246 Å². The molecule has 4 rings (SSSR count). The average molecular weight is 583 g/mol. The fourth-order valence-electron chi connectivity index (χ4n) is 6.68. The van der Waals surface area contributed by atoms with E-state index in [4.69, 9.17) is 4.74 Å². The highest BCUT2D eigenvalue weighted by Gasteiger charge is 2.51. The van der Waals surface area contributed by atoms with Crippen molar-refractivity contribution in [2.45, 2.75) is 95.7 Å². The van der Waals surface area contributed by atoms with Gasteiger partial charge in [-0.1, -0.05) is 62.2 Å². The summed E-state index contributed by atoms with van der Waals surface area (Å²) in [5, 5.41) is 9.60. The standard InChI is InChI=1S/C33H47FN2O4Si/c1-25-29(19-16-26-14-17-28(18-15-26)36-20-10-5-4-9-13-31(36)38)40-30(33(25)41(2,3)34)23-32(39)35(21-22-37)24-27-11-7-6-8-12-27/h6-8,11-12,14-15,17-18,25,29-30,33,37H,4-5,9-10,13,16,19-24H2,1-3H3/t25-,29+,30-,33+/m0/s1. The second kappa shape index (κ2) is 14.6. The molecule has 1 N–H and O–H groups in total. The van der Waals surface area contributed by atoms with Crippen LogP contribution in [0.3, 0.4) is 0 Å². The highest BCUT2D eigenvalue weighted by Crippen LogP contribution is 2.47. The van der Waals surface area contributed by atoms with Crippen molar-refractivity contribution in [3.8, 4) is 0 Å². The quantitative estimate of drug-likeness (QED) is 0.250. The van der Waals surface area contributed by atoms with Gasteiger partial charge in [-0.05, 0) is 68.0 Å². The summed E-state index contributed by atoms with van der Waals surface area (Å²) in [4.78, 5) is 29.6. The van der Waals surface area contributed by atoms with E-state index in [9.17, 15) is 14.7 Å². The molecule has 2 aliphatic heterocycles. The number of amides is 2. The van der Waals surface area contributed by atoms with Gasteiger partial charge in [0, 0.05) is 37.3 Å². The minimum absolute atomic E-state index is 0.0119. The Morgan fingerprint density at radius 2 is 1.73 bits per heavy atom. The zero-order chi connectivity index (χ0) is 29.4. The number of nitrogens with zero attached hydrogens (tertiary/aromatic N) is 2. The molecule has 2 heterocycles. The maximum Gasteiger partial charge on any atom is 0.246 e. The minimum Gasteiger partial charge on any atom is -0.395 e. The molecule has 0 aliphatic carbocycles. The van der Waals surface area contributed by atoms with Crippen LogP contribution in [-0.4, -0.2) is 62.1 Å². The molecule has 4 atom stereocenters. The molecule has 2 aliphatic rings. The van der Waals surface area contributed by atoms with Crippen molar-refractivity contribution in [3.63, 3.8) is 0 Å². The summed E-state index contributed by atoms with van der Waals surface area (Å²) in [7, 11) is -3.12. The number of hydrogen-bond acceptors (Lipinski definition) is 4. The Morgan fingerprint density at radius 1 is 1.02 bits per heavy atom. The molecular weight excluding hydrogens is 535 g/mol. The second-order valence-corrected chi connectivity index (χ2v) is 16.1. The minimum atomic E-state index is -3.12. The molecule has 8 heteroatoms. The molecule has 0 spiro atoms. The first-order chi connectivity index (χ1) is 19.7. The number of hydrogen-bond donors (Lipinski definition) is 1. The van der Waals surface area contributed by atoms with Gasteiger partial charge in [-0.15, -0.1) is 0 Å². The fraction of sp³-hybridized carbons (Fsp3) is 0.576. The molecule has 2 aromatic carbocycles. The maximum absolute atomic E-state index is 15.6. The van der Waals surface area contributed by atoms with Crippen molar-refractivity contribution in [2.24, 2.45) is 5.92 Å². The molecule has 224 valence electrons. The van der Waals surface area contributed by atoms with E-state index in [0.717, 1.165) is 55.5 Å². The summed E-state index contributed by atoms with van der Waals surface area (Å²) >= 11 is 0. The van der Waals surface area contributed by atoms with Crippen LogP contribution in [0.4, 0.5) is 9.80 Å². The molecule has 0 bridgehead atoms. The molecule has 2 aromatic rings. The lowest BCUT2D eigenvalue weighted by atomic mass is 9.95. The van der Waals surface area contributed by atoms with Gasteiger partial charge in [0.05, 0.1) is 25.2 Å². The van der Waals surface area contributed by atoms with Gasteiger partial charge in [0.15, 0.2) is 0 Å². The van der Waals surface area contributed by atoms with Crippen molar-refractivity contribution >= 4 is 25.9 Å². The van der Waals surface area contributed by atoms with Crippen molar-refractivity contribution in [1.82, 2.24) is 4.90 Å². The molecule has 2 amide bonds. The van der Waals surface area contributed by atoms with Gasteiger partial charge in [0.2, 0.25) is 20.2 Å². The number of halogens is 1. The number of benzene rings is 2. The Morgan fingerprint density at radius 3 is 2.41 bits per heavy atom. The van der Waals surface area contributed by atoms with Crippen molar-refractivity contribution in [2.75, 3.05) is 24.6 Å². The van der Waals surface area contributed by atoms with E-state index in [1.807, 2.05) is 47.4 Å². The van der Waals surface area contributed by atoms with Gasteiger partial charge in [-0.3, -0.25) is 9.59 Å². The highest BCUT2D eigenvalue weighted by atomic mass is 28.4. The van der Waals surface area contributed by atoms with E-state index in [1.54, 1.807) is 18.0 Å². The molecule has 2 saturated heterocycles. The molecular formula is C33H47FN2O4Si. The number of aliphatic hydroxyl groups excluding tert-OH is 1. The third-order valence-corrected chi connectivity index (χ3v) is 11.3. The fourth-order valence-corrected chi connectivity index (χ4v) is 9.22. The van der Waals surface area contributed by atoms with Crippen LogP contribution in [0, 0.1) is 5.92 Å². The van der Waals surface area contributed by atoms with Crippen LogP contribution in [0.25, 0.3) is 0 Å². The van der Waals surface area contributed by atoms with Gasteiger partial charge in [-0.25, -0.2) is 0 Å². The van der Waals surface area contributed by atoms with Crippen LogP contribution < -0.4 is 4.90 Å². The lowest BCUT2D eigenvalue weighted by Crippen LogP contribution is -2.40. The number of anilines is 1. The predicted molar refractivity (Wildman–Crippen MR) is 164 cm³/mol. The Hall–Kier alpha value is -2.55. The van der Waals surface area contributed by atoms with E-state index >= 15 is 4.11 Å². The number of ether oxygens (including phenoxy) is 1. The highest BCUT2D eigenvalue weighted by molar-refractivity contribution is 6.72. The van der Waals surface area contributed by atoms with Crippen LogP contribution in [0.5, 0.6) is 0 Å². The number of aliphatic hydroxyl groups is 1. The van der Waals surface area contributed by atoms with E-state index in [0.29, 0.717) is 13.0 Å². The molecule has 6 nitrogen and oxygen atoms in total. The normalized spacial score (nSPS) is 23.7. The first-order valence-electron chi connectivity index (χ1n) is 15.3. The zero-order valence-corrected chi connectivity index (χ0v) is 25.9. The Balaban J connectivity index is 1.39. The smallest absolute Gasteiger partial charge is 0.246 e. The van der Waals surface area contributed by atoms with Gasteiger partial charge in [0.1, 0.15) is 0 Å². The summed E-state index contributed by atoms with van der Waals surface area (Å²) in [6.07, 6.45) is 5.97. The van der Waals surface area contributed by atoms with Crippen LogP contribution in [-0.2, 0) is 27.3 Å². The topological polar surface area (TPSA) is 70.1 Å². The summed E-state index contributed by atoms with van der Waals surface area (Å²) < 4.78 is 22.1. The van der Waals surface area contributed by atoms with Crippen molar-refractivity contribution in [1.29, 1.82) is 0 Å². The number of carbonyl (C=O) groups is 2. The Kier molecular flexibility index (Phi) is 11.1. The van der Waals surface area contributed by atoms with Gasteiger partial charge in [0.25, 0.3) is 0 Å². The number of aryl methyl sites for hydroxylation is 1. The van der Waals surface area contributed by atoms with Gasteiger partial charge < -0.3 is 23.8 Å². The van der Waals surface area contributed by atoms with E-state index < -0.39 is 14.5 Å². The summed E-state index contributed by atoms with van der Waals surface area (Å²) in [6, 6.07) is 18.0. The van der Waals surface area contributed by atoms with E-state index in [2.05, 4.69) is 19.1 Å². The van der Waals surface area contributed by atoms with Crippen LogP contribution in [0.1, 0.15) is 63.0 Å². The molecule has 0 saturated carbocycles. The summed E-state index contributed by atoms with van der Waals surface area (Å²) in [5.74, 6) is 0.104. The molecule has 41 heavy (non-hydrogen) atoms. The number of carbonyl (C=O) groups excluding carboxylic acids is 2. The first-order valence-corrected chi connectivity index (χ1v) is 18.3. The third-order valence-electron chi connectivity index (χ3n) is 8.80. The van der Waals surface area contributed by atoms with Crippen molar-refractivity contribution in [3.05, 3.63) is 65.7 Å². The lowest BCUT2D eigenvalue weighted by Gasteiger charge is -2.30. The summed E-state index contributed by atoms with van der Waals surface area (Å²) in [5.41, 5.74) is 2.84. The zero-order valence-electron chi connectivity index (χ0n) is 24.9. The monoisotopic (exact) mass is 582 g/mol. The molecule has 0 aromatic heterocycles. The lowest BCUT2D eigenvalue weighted by molar-refractivity contribution is -0.135. The molecule has 0 radical (unpaired) electrons. The first kappa shape index (κ1) is 31.4. The van der Waals surface area contributed by atoms with Gasteiger partial charge >= 0.3 is 0 Å². The van der Waals surface area contributed by atoms with Crippen LogP contribution in [0.2, 0.25) is 18.6 Å². The predicted octanol–water partition coefficient (Wildman–Crippen LogP) is 6.28. The number of rotatable bonds is 11. The third kappa shape index (κ3) is 8.49. The average Bonchev–Trinajstić information content (AvgIpc) is 3.25. The van der Waals surface area contributed by atoms with Gasteiger partial charge in [-0.2, -0.15) is 0 Å². The molecule has 0 unspecified atom stereocenters. The largest absolute Gasteiger partial charge is 0.395 e.